The minimum Gasteiger partial charge on any atom is -0.456 e. The predicted molar refractivity (Wildman–Crippen MR) is 99.8 cm³/mol. The Bertz CT molecular complexity index is 452. The summed E-state index contributed by atoms with van der Waals surface area (Å²) in [5.74, 6) is -0.663. The zero-order valence-electron chi connectivity index (χ0n) is 16.9. The second kappa shape index (κ2) is 10.4. The van der Waals surface area contributed by atoms with Crippen LogP contribution in [0.3, 0.4) is 0 Å². The van der Waals surface area contributed by atoms with Gasteiger partial charge in [-0.3, -0.25) is 0 Å². The molecule has 0 aromatic carbocycles. The average molecular weight is 357 g/mol. The van der Waals surface area contributed by atoms with Gasteiger partial charge in [-0.2, -0.15) is 0 Å². The highest BCUT2D eigenvalue weighted by atomic mass is 16.5. The van der Waals surface area contributed by atoms with Crippen LogP contribution in [0.1, 0.15) is 20.3 Å². The van der Waals surface area contributed by atoms with E-state index in [1.807, 2.05) is 0 Å². The summed E-state index contributed by atoms with van der Waals surface area (Å²) in [6.07, 6.45) is 1.03. The van der Waals surface area contributed by atoms with Crippen molar-refractivity contribution >= 4 is 11.9 Å². The Kier molecular flexibility index (Phi) is 9.67. The zero-order valence-corrected chi connectivity index (χ0v) is 16.9. The van der Waals surface area contributed by atoms with Crippen molar-refractivity contribution in [2.45, 2.75) is 20.3 Å². The molecule has 0 radical (unpaired) electrons. The van der Waals surface area contributed by atoms with Gasteiger partial charge in [-0.05, 0) is 13.8 Å². The van der Waals surface area contributed by atoms with E-state index < -0.39 is 0 Å². The van der Waals surface area contributed by atoms with Gasteiger partial charge in [-0.25, -0.2) is 9.59 Å². The molecule has 0 aliphatic heterocycles. The maximum absolute atomic E-state index is 11.4. The first-order valence-electron chi connectivity index (χ1n) is 8.65. The maximum atomic E-state index is 11.4. The quantitative estimate of drug-likeness (QED) is 0.304. The maximum Gasteiger partial charge on any atom is 0.333 e. The van der Waals surface area contributed by atoms with Crippen LogP contribution < -0.4 is 0 Å². The number of quaternary nitrogens is 2. The molecular weight excluding hydrogens is 320 g/mol. The van der Waals surface area contributed by atoms with Crippen LogP contribution >= 0.6 is 0 Å². The van der Waals surface area contributed by atoms with E-state index in [-0.39, 0.29) is 11.9 Å². The minimum absolute atomic E-state index is 0.331. The molecule has 0 fully saturated rings. The molecule has 25 heavy (non-hydrogen) atoms. The number of nitrogens with zero attached hydrogens (tertiary/aromatic N) is 2. The topological polar surface area (TPSA) is 52.6 Å². The van der Waals surface area contributed by atoms with Gasteiger partial charge in [-0.1, -0.05) is 13.2 Å². The van der Waals surface area contributed by atoms with E-state index >= 15 is 0 Å². The summed E-state index contributed by atoms with van der Waals surface area (Å²) < 4.78 is 11.9. The molecule has 6 nitrogen and oxygen atoms in total. The lowest BCUT2D eigenvalue weighted by molar-refractivity contribution is -0.909. The molecular formula is C19H36N2O4+2. The van der Waals surface area contributed by atoms with E-state index in [4.69, 9.17) is 9.47 Å². The van der Waals surface area contributed by atoms with Gasteiger partial charge in [0.1, 0.15) is 26.3 Å². The zero-order chi connectivity index (χ0) is 19.7. The van der Waals surface area contributed by atoms with Gasteiger partial charge in [0.05, 0.1) is 41.3 Å². The third-order valence-electron chi connectivity index (χ3n) is 4.08. The third kappa shape index (κ3) is 11.5. The number of rotatable bonds is 12. The Balaban J connectivity index is 4.07. The first-order valence-corrected chi connectivity index (χ1v) is 8.65. The van der Waals surface area contributed by atoms with Gasteiger partial charge in [0.15, 0.2) is 0 Å². The number of carbonyl (C=O) groups is 2. The van der Waals surface area contributed by atoms with E-state index in [0.717, 1.165) is 41.6 Å². The molecule has 0 heterocycles. The number of likely N-dealkylation sites (N-methyl/N-ethyl adjacent to an activating group) is 2. The van der Waals surface area contributed by atoms with Gasteiger partial charge in [0.2, 0.25) is 0 Å². The van der Waals surface area contributed by atoms with Crippen LogP contribution in [0.5, 0.6) is 0 Å². The van der Waals surface area contributed by atoms with Gasteiger partial charge in [0.25, 0.3) is 0 Å². The normalized spacial score (nSPS) is 11.8. The highest BCUT2D eigenvalue weighted by molar-refractivity contribution is 5.87. The molecule has 0 amide bonds. The molecule has 0 saturated carbocycles. The summed E-state index contributed by atoms with van der Waals surface area (Å²) >= 11 is 0. The number of hydrogen-bond donors (Lipinski definition) is 0. The van der Waals surface area contributed by atoms with Crippen LogP contribution in [0, 0.1) is 0 Å². The van der Waals surface area contributed by atoms with Crippen LogP contribution in [0.15, 0.2) is 24.3 Å². The lowest BCUT2D eigenvalue weighted by Gasteiger charge is -2.33. The first kappa shape index (κ1) is 23.3. The number of carbonyl (C=O) groups excluding carboxylic acids is 2. The van der Waals surface area contributed by atoms with E-state index in [9.17, 15) is 9.59 Å². The first-order chi connectivity index (χ1) is 11.4. The summed E-state index contributed by atoms with van der Waals surface area (Å²) in [6, 6.07) is 0. The van der Waals surface area contributed by atoms with E-state index in [1.165, 1.54) is 0 Å². The van der Waals surface area contributed by atoms with Crippen molar-refractivity contribution < 1.29 is 28.0 Å². The largest absolute Gasteiger partial charge is 0.456 e. The van der Waals surface area contributed by atoms with Crippen LogP contribution in [0.25, 0.3) is 0 Å². The SMILES string of the molecule is C=C(C)C(=O)OCC[N+](C)(C)CCC[N+](C)(C)CCOC(=O)C(=C)C. The summed E-state index contributed by atoms with van der Waals surface area (Å²) in [6.45, 7) is 14.7. The second-order valence-corrected chi connectivity index (χ2v) is 7.95. The molecule has 0 bridgehead atoms. The van der Waals surface area contributed by atoms with E-state index in [2.05, 4.69) is 41.3 Å². The molecule has 0 N–H and O–H groups in total. The Labute approximate surface area is 152 Å². The molecule has 0 atom stereocenters. The third-order valence-corrected chi connectivity index (χ3v) is 4.08. The Hall–Kier alpha value is -1.66. The number of esters is 2. The summed E-state index contributed by atoms with van der Waals surface area (Å²) in [4.78, 5) is 22.8. The van der Waals surface area contributed by atoms with Gasteiger partial charge >= 0.3 is 11.9 Å². The Morgan fingerprint density at radius 3 is 1.32 bits per heavy atom. The lowest BCUT2D eigenvalue weighted by atomic mass is 10.3. The van der Waals surface area contributed by atoms with Crippen molar-refractivity contribution in [3.05, 3.63) is 24.3 Å². The molecule has 6 heteroatoms. The van der Waals surface area contributed by atoms with Gasteiger partial charge < -0.3 is 18.4 Å². The number of hydrogen-bond acceptors (Lipinski definition) is 4. The summed E-state index contributed by atoms with van der Waals surface area (Å²) in [5.41, 5.74) is 0.855. The van der Waals surface area contributed by atoms with Crippen LogP contribution in [-0.2, 0) is 19.1 Å². The average Bonchev–Trinajstić information content (AvgIpc) is 2.45. The Morgan fingerprint density at radius 2 is 1.04 bits per heavy atom. The number of ether oxygens (including phenoxy) is 2. The summed E-state index contributed by atoms with van der Waals surface area (Å²) in [5, 5.41) is 0. The van der Waals surface area contributed by atoms with E-state index in [0.29, 0.717) is 24.4 Å². The second-order valence-electron chi connectivity index (χ2n) is 7.95. The fourth-order valence-electron chi connectivity index (χ4n) is 2.17. The van der Waals surface area contributed by atoms with Gasteiger partial charge in [-0.15, -0.1) is 0 Å². The molecule has 0 unspecified atom stereocenters. The molecule has 144 valence electrons. The molecule has 0 saturated heterocycles. The standard InChI is InChI=1S/C19H36N2O4/c1-16(2)18(22)24-14-12-20(5,6)10-9-11-21(7,8)13-15-25-19(23)17(3)4/h1,3,9-15H2,2,4-8H3/q+2. The highest BCUT2D eigenvalue weighted by Crippen LogP contribution is 2.05. The lowest BCUT2D eigenvalue weighted by Crippen LogP contribution is -2.47. The van der Waals surface area contributed by atoms with Crippen LogP contribution in [0.2, 0.25) is 0 Å². The monoisotopic (exact) mass is 356 g/mol. The predicted octanol–water partition coefficient (Wildman–Crippen LogP) is 1.77. The molecule has 0 rings (SSSR count). The van der Waals surface area contributed by atoms with Crippen LogP contribution in [-0.4, -0.2) is 88.5 Å². The minimum atomic E-state index is -0.331. The van der Waals surface area contributed by atoms with Gasteiger partial charge in [0, 0.05) is 17.6 Å². The fraction of sp³-hybridized carbons (Fsp3) is 0.684. The molecule has 0 spiro atoms. The smallest absolute Gasteiger partial charge is 0.333 e. The Morgan fingerprint density at radius 1 is 0.720 bits per heavy atom. The van der Waals surface area contributed by atoms with Crippen LogP contribution in [0.4, 0.5) is 0 Å². The molecule has 0 aliphatic carbocycles. The van der Waals surface area contributed by atoms with Crippen molar-refractivity contribution in [3.8, 4) is 0 Å². The van der Waals surface area contributed by atoms with Crippen molar-refractivity contribution in [1.29, 1.82) is 0 Å². The van der Waals surface area contributed by atoms with Crippen molar-refractivity contribution in [3.63, 3.8) is 0 Å². The summed E-state index contributed by atoms with van der Waals surface area (Å²) in [7, 11) is 8.51. The highest BCUT2D eigenvalue weighted by Gasteiger charge is 2.21. The van der Waals surface area contributed by atoms with E-state index in [1.54, 1.807) is 13.8 Å². The molecule has 0 aliphatic rings. The fourth-order valence-corrected chi connectivity index (χ4v) is 2.17. The van der Waals surface area contributed by atoms with Crippen molar-refractivity contribution in [1.82, 2.24) is 0 Å². The molecule has 0 aromatic rings. The van der Waals surface area contributed by atoms with Crippen molar-refractivity contribution in [2.75, 3.05) is 67.6 Å². The van der Waals surface area contributed by atoms with Crippen molar-refractivity contribution in [2.24, 2.45) is 0 Å². The molecule has 0 aromatic heterocycles.